The maximum atomic E-state index is 12.5. The van der Waals surface area contributed by atoms with Crippen molar-refractivity contribution in [3.63, 3.8) is 0 Å². The van der Waals surface area contributed by atoms with E-state index in [0.29, 0.717) is 37.0 Å². The van der Waals surface area contributed by atoms with Gasteiger partial charge in [-0.15, -0.1) is 24.0 Å². The molecule has 1 heterocycles. The maximum absolute atomic E-state index is 12.5. The third kappa shape index (κ3) is 7.18. The number of piperazine rings is 1. The summed E-state index contributed by atoms with van der Waals surface area (Å²) in [7, 11) is 3.20. The lowest BCUT2D eigenvalue weighted by atomic mass is 10.2. The molecule has 3 rings (SSSR count). The molecule has 32 heavy (non-hydrogen) atoms. The van der Waals surface area contributed by atoms with E-state index in [1.807, 2.05) is 41.3 Å². The first-order valence-electron chi connectivity index (χ1n) is 10.4. The second-order valence-corrected chi connectivity index (χ2v) is 7.27. The minimum Gasteiger partial charge on any atom is -0.493 e. The molecule has 0 atom stereocenters. The lowest BCUT2D eigenvalue weighted by molar-refractivity contribution is -0.131. The number of benzene rings is 2. The molecule has 0 aromatic heterocycles. The lowest BCUT2D eigenvalue weighted by Crippen LogP contribution is -2.49. The standard InChI is InChI=1S/C23H31N5O3.HI/c1-30-20-9-8-18(16-21(20)31-2)17-26-23(24)25-11-10-22(29)28-14-12-27(13-15-28)19-6-4-3-5-7-19;/h3-9,16H,10-15,17H2,1-2H3,(H3,24,25,26);1H. The highest BCUT2D eigenvalue weighted by molar-refractivity contribution is 14.0. The van der Waals surface area contributed by atoms with Gasteiger partial charge < -0.3 is 30.3 Å². The summed E-state index contributed by atoms with van der Waals surface area (Å²) in [5.74, 6) is 1.77. The van der Waals surface area contributed by atoms with Gasteiger partial charge in [-0.05, 0) is 29.8 Å². The molecule has 0 spiro atoms. The molecule has 0 bridgehead atoms. The Labute approximate surface area is 206 Å². The molecule has 1 aliphatic heterocycles. The molecule has 9 heteroatoms. The number of nitrogens with zero attached hydrogens (tertiary/aromatic N) is 3. The van der Waals surface area contributed by atoms with Crippen molar-refractivity contribution in [3.8, 4) is 11.5 Å². The Hall–Kier alpha value is -2.69. The van der Waals surface area contributed by atoms with Crippen LogP contribution in [-0.4, -0.2) is 63.7 Å². The summed E-state index contributed by atoms with van der Waals surface area (Å²) in [6, 6.07) is 15.9. The van der Waals surface area contributed by atoms with E-state index in [2.05, 4.69) is 27.3 Å². The molecule has 1 saturated heterocycles. The normalized spacial score (nSPS) is 13.9. The van der Waals surface area contributed by atoms with E-state index in [1.165, 1.54) is 5.69 Å². The number of methoxy groups -OCH3 is 2. The van der Waals surface area contributed by atoms with Gasteiger partial charge in [0.15, 0.2) is 17.5 Å². The lowest BCUT2D eigenvalue weighted by Gasteiger charge is -2.36. The largest absolute Gasteiger partial charge is 0.493 e. The SMILES string of the molecule is COc1ccc(CN=C(N)NCCC(=O)N2CCN(c3ccccc3)CC2)cc1OC.I. The van der Waals surface area contributed by atoms with Crippen LogP contribution in [0.25, 0.3) is 0 Å². The molecule has 1 amide bonds. The van der Waals surface area contributed by atoms with Crippen molar-refractivity contribution < 1.29 is 14.3 Å². The summed E-state index contributed by atoms with van der Waals surface area (Å²) in [6.45, 7) is 4.02. The number of para-hydroxylation sites is 1. The first-order valence-corrected chi connectivity index (χ1v) is 10.4. The second kappa shape index (κ2) is 13.0. The highest BCUT2D eigenvalue weighted by atomic mass is 127. The van der Waals surface area contributed by atoms with Crippen molar-refractivity contribution in [1.82, 2.24) is 10.2 Å². The van der Waals surface area contributed by atoms with Gasteiger partial charge in [-0.25, -0.2) is 4.99 Å². The van der Waals surface area contributed by atoms with Crippen molar-refractivity contribution >= 4 is 41.5 Å². The Kier molecular flexibility index (Phi) is 10.4. The average molecular weight is 553 g/mol. The van der Waals surface area contributed by atoms with E-state index in [9.17, 15) is 4.79 Å². The predicted molar refractivity (Wildman–Crippen MR) is 138 cm³/mol. The van der Waals surface area contributed by atoms with Crippen LogP contribution < -0.4 is 25.4 Å². The van der Waals surface area contributed by atoms with Gasteiger partial charge in [0.2, 0.25) is 5.91 Å². The molecule has 0 unspecified atom stereocenters. The number of carbonyl (C=O) groups is 1. The van der Waals surface area contributed by atoms with Crippen LogP contribution in [0.15, 0.2) is 53.5 Å². The van der Waals surface area contributed by atoms with E-state index >= 15 is 0 Å². The number of aliphatic imine (C=N–C) groups is 1. The zero-order valence-electron chi connectivity index (χ0n) is 18.6. The van der Waals surface area contributed by atoms with Crippen LogP contribution in [0, 0.1) is 0 Å². The van der Waals surface area contributed by atoms with Crippen molar-refractivity contribution in [3.05, 3.63) is 54.1 Å². The summed E-state index contributed by atoms with van der Waals surface area (Å²) in [6.07, 6.45) is 0.387. The molecule has 174 valence electrons. The minimum atomic E-state index is 0. The maximum Gasteiger partial charge on any atom is 0.224 e. The minimum absolute atomic E-state index is 0. The quantitative estimate of drug-likeness (QED) is 0.297. The van der Waals surface area contributed by atoms with Gasteiger partial charge in [-0.1, -0.05) is 24.3 Å². The molecular weight excluding hydrogens is 521 g/mol. The molecular formula is C23H32IN5O3. The van der Waals surface area contributed by atoms with Crippen molar-refractivity contribution in [2.45, 2.75) is 13.0 Å². The molecule has 0 aliphatic carbocycles. The van der Waals surface area contributed by atoms with Crippen molar-refractivity contribution in [2.75, 3.05) is 51.8 Å². The number of amides is 1. The van der Waals surface area contributed by atoms with Crippen LogP contribution in [0.1, 0.15) is 12.0 Å². The van der Waals surface area contributed by atoms with E-state index in [4.69, 9.17) is 15.2 Å². The van der Waals surface area contributed by atoms with E-state index in [-0.39, 0.29) is 29.9 Å². The molecule has 0 radical (unpaired) electrons. The van der Waals surface area contributed by atoms with Gasteiger partial charge in [0.05, 0.1) is 20.8 Å². The Bertz CT molecular complexity index is 886. The molecule has 1 aliphatic rings. The Morgan fingerprint density at radius 3 is 2.38 bits per heavy atom. The van der Waals surface area contributed by atoms with Crippen LogP contribution in [0.5, 0.6) is 11.5 Å². The number of rotatable bonds is 8. The third-order valence-electron chi connectivity index (χ3n) is 5.28. The van der Waals surface area contributed by atoms with Gasteiger partial charge in [-0.2, -0.15) is 0 Å². The molecule has 2 aromatic carbocycles. The average Bonchev–Trinajstić information content (AvgIpc) is 2.83. The zero-order valence-corrected chi connectivity index (χ0v) is 21.0. The Morgan fingerprint density at radius 1 is 1.03 bits per heavy atom. The summed E-state index contributed by atoms with van der Waals surface area (Å²) in [5.41, 5.74) is 8.10. The Morgan fingerprint density at radius 2 is 1.72 bits per heavy atom. The smallest absolute Gasteiger partial charge is 0.224 e. The molecule has 3 N–H and O–H groups in total. The molecule has 8 nitrogen and oxygen atoms in total. The number of carbonyl (C=O) groups excluding carboxylic acids is 1. The van der Waals surface area contributed by atoms with Crippen molar-refractivity contribution in [2.24, 2.45) is 10.7 Å². The number of ether oxygens (including phenoxy) is 2. The van der Waals surface area contributed by atoms with Crippen LogP contribution >= 0.6 is 24.0 Å². The first-order chi connectivity index (χ1) is 15.1. The number of halogens is 1. The number of guanidine groups is 1. The van der Waals surface area contributed by atoms with Gasteiger partial charge >= 0.3 is 0 Å². The van der Waals surface area contributed by atoms with E-state index in [1.54, 1.807) is 14.2 Å². The van der Waals surface area contributed by atoms with Crippen molar-refractivity contribution in [1.29, 1.82) is 0 Å². The van der Waals surface area contributed by atoms with Crippen LogP contribution in [-0.2, 0) is 11.3 Å². The number of anilines is 1. The number of nitrogens with one attached hydrogen (secondary N) is 1. The monoisotopic (exact) mass is 553 g/mol. The van der Waals surface area contributed by atoms with E-state index in [0.717, 1.165) is 31.7 Å². The first kappa shape index (κ1) is 25.6. The van der Waals surface area contributed by atoms with Gasteiger partial charge in [0, 0.05) is 44.8 Å². The summed E-state index contributed by atoms with van der Waals surface area (Å²) < 4.78 is 10.5. The highest BCUT2D eigenvalue weighted by Crippen LogP contribution is 2.27. The van der Waals surface area contributed by atoms with E-state index < -0.39 is 0 Å². The summed E-state index contributed by atoms with van der Waals surface area (Å²) in [5, 5.41) is 3.02. The predicted octanol–water partition coefficient (Wildman–Crippen LogP) is 2.47. The molecule has 2 aromatic rings. The summed E-state index contributed by atoms with van der Waals surface area (Å²) >= 11 is 0. The fourth-order valence-corrected chi connectivity index (χ4v) is 3.52. The number of hydrogen-bond donors (Lipinski definition) is 2. The molecule has 0 saturated carbocycles. The van der Waals surface area contributed by atoms with Gasteiger partial charge in [0.25, 0.3) is 0 Å². The fraction of sp³-hybridized carbons (Fsp3) is 0.391. The highest BCUT2D eigenvalue weighted by Gasteiger charge is 2.20. The fourth-order valence-electron chi connectivity index (χ4n) is 3.52. The second-order valence-electron chi connectivity index (χ2n) is 7.27. The molecule has 1 fully saturated rings. The third-order valence-corrected chi connectivity index (χ3v) is 5.28. The Balaban J connectivity index is 0.00000363. The van der Waals surface area contributed by atoms with Crippen LogP contribution in [0.3, 0.4) is 0 Å². The summed E-state index contributed by atoms with van der Waals surface area (Å²) in [4.78, 5) is 21.0. The van der Waals surface area contributed by atoms with Crippen LogP contribution in [0.2, 0.25) is 0 Å². The van der Waals surface area contributed by atoms with Crippen LogP contribution in [0.4, 0.5) is 5.69 Å². The van der Waals surface area contributed by atoms with Gasteiger partial charge in [-0.3, -0.25) is 4.79 Å². The topological polar surface area (TPSA) is 92.4 Å². The zero-order chi connectivity index (χ0) is 22.1. The van der Waals surface area contributed by atoms with Gasteiger partial charge in [0.1, 0.15) is 0 Å². The number of nitrogens with two attached hydrogens (primary N) is 1. The number of hydrogen-bond acceptors (Lipinski definition) is 5.